The Labute approximate surface area is 159 Å². The number of nitrogens with one attached hydrogen (secondary N) is 1. The van der Waals surface area contributed by atoms with Gasteiger partial charge >= 0.3 is 0 Å². The summed E-state index contributed by atoms with van der Waals surface area (Å²) in [5.74, 6) is 1.83. The molecule has 0 aliphatic carbocycles. The summed E-state index contributed by atoms with van der Waals surface area (Å²) in [5.41, 5.74) is 1.87. The highest BCUT2D eigenvalue weighted by Crippen LogP contribution is 2.36. The molecule has 2 unspecified atom stereocenters. The molecule has 1 aliphatic rings. The van der Waals surface area contributed by atoms with Gasteiger partial charge in [0, 0.05) is 25.4 Å². The van der Waals surface area contributed by atoms with E-state index >= 15 is 0 Å². The van der Waals surface area contributed by atoms with Crippen LogP contribution in [0.1, 0.15) is 36.5 Å². The third kappa shape index (κ3) is 4.16. The quantitative estimate of drug-likeness (QED) is 0.829. The lowest BCUT2D eigenvalue weighted by Crippen LogP contribution is -2.25. The summed E-state index contributed by atoms with van der Waals surface area (Å²) in [6.07, 6.45) is 1.05. The fourth-order valence-corrected chi connectivity index (χ4v) is 3.01. The number of benzene rings is 1. The Kier molecular flexibility index (Phi) is 6.61. The molecule has 3 rings (SSSR count). The summed E-state index contributed by atoms with van der Waals surface area (Å²) in [6, 6.07) is 6.08. The summed E-state index contributed by atoms with van der Waals surface area (Å²) >= 11 is 0. The zero-order chi connectivity index (χ0) is 18.0. The molecule has 1 N–H and O–H groups in total. The van der Waals surface area contributed by atoms with Gasteiger partial charge in [0.05, 0.1) is 18.7 Å². The van der Waals surface area contributed by atoms with Gasteiger partial charge in [0.2, 0.25) is 11.8 Å². The van der Waals surface area contributed by atoms with Gasteiger partial charge in [0.15, 0.2) is 5.82 Å². The van der Waals surface area contributed by atoms with Crippen LogP contribution in [0, 0.1) is 6.92 Å². The molecule has 0 saturated carbocycles. The normalized spacial score (nSPS) is 17.9. The van der Waals surface area contributed by atoms with Gasteiger partial charge in [-0.1, -0.05) is 11.2 Å². The number of rotatable bonds is 6. The molecule has 1 amide bonds. The Morgan fingerprint density at radius 3 is 2.92 bits per heavy atom. The lowest BCUT2D eigenvalue weighted by molar-refractivity contribution is -0.117. The van der Waals surface area contributed by atoms with E-state index in [9.17, 15) is 4.79 Å². The number of aromatic nitrogens is 2. The van der Waals surface area contributed by atoms with Crippen molar-refractivity contribution in [1.82, 2.24) is 15.5 Å². The first-order valence-corrected chi connectivity index (χ1v) is 8.46. The predicted molar refractivity (Wildman–Crippen MR) is 101 cm³/mol. The Morgan fingerprint density at radius 1 is 1.46 bits per heavy atom. The van der Waals surface area contributed by atoms with E-state index in [1.54, 1.807) is 12.0 Å². The van der Waals surface area contributed by atoms with Crippen LogP contribution in [0.4, 0.5) is 5.69 Å². The number of hydrogen-bond acceptors (Lipinski definition) is 6. The van der Waals surface area contributed by atoms with Crippen molar-refractivity contribution < 1.29 is 14.1 Å². The van der Waals surface area contributed by atoms with E-state index in [2.05, 4.69) is 22.4 Å². The average molecular weight is 381 g/mol. The molecule has 1 aromatic carbocycles. The molecule has 1 aliphatic heterocycles. The van der Waals surface area contributed by atoms with Crippen molar-refractivity contribution in [3.63, 3.8) is 0 Å². The van der Waals surface area contributed by atoms with E-state index in [1.165, 1.54) is 0 Å². The molecule has 26 heavy (non-hydrogen) atoms. The fraction of sp³-hybridized carbons (Fsp3) is 0.500. The lowest BCUT2D eigenvalue weighted by atomic mass is 10.1. The summed E-state index contributed by atoms with van der Waals surface area (Å²) in [6.45, 7) is 4.57. The van der Waals surface area contributed by atoms with Crippen LogP contribution in [0.3, 0.4) is 0 Å². The van der Waals surface area contributed by atoms with Crippen LogP contribution in [-0.2, 0) is 11.2 Å². The molecule has 1 aromatic heterocycles. The summed E-state index contributed by atoms with van der Waals surface area (Å²) in [4.78, 5) is 18.8. The highest BCUT2D eigenvalue weighted by atomic mass is 35.5. The van der Waals surface area contributed by atoms with E-state index < -0.39 is 0 Å². The van der Waals surface area contributed by atoms with Crippen molar-refractivity contribution in [1.29, 1.82) is 0 Å². The number of likely N-dealkylation sites (N-methyl/N-ethyl adjacent to an activating group) is 1. The highest BCUT2D eigenvalue weighted by Gasteiger charge is 2.36. The third-order valence-corrected chi connectivity index (χ3v) is 4.56. The van der Waals surface area contributed by atoms with E-state index in [-0.39, 0.29) is 30.3 Å². The zero-order valence-corrected chi connectivity index (χ0v) is 16.3. The number of carbonyl (C=O) groups excluding carboxylic acids is 1. The monoisotopic (exact) mass is 380 g/mol. The van der Waals surface area contributed by atoms with Crippen molar-refractivity contribution in [3.05, 3.63) is 35.5 Å². The molecule has 0 spiro atoms. The molecule has 1 fully saturated rings. The molecule has 2 heterocycles. The summed E-state index contributed by atoms with van der Waals surface area (Å²) in [7, 11) is 3.51. The Balaban J connectivity index is 0.00000243. The SMILES string of the molecule is CNC(C)Cc1noc(C2CC(=O)N(c3cc(C)ccc3OC)C2)n1.Cl. The molecule has 1 saturated heterocycles. The molecular weight excluding hydrogens is 356 g/mol. The van der Waals surface area contributed by atoms with E-state index in [0.717, 1.165) is 11.3 Å². The minimum Gasteiger partial charge on any atom is -0.495 e. The number of methoxy groups -OCH3 is 1. The molecule has 142 valence electrons. The van der Waals surface area contributed by atoms with E-state index in [0.29, 0.717) is 36.9 Å². The van der Waals surface area contributed by atoms with Crippen LogP contribution in [0.25, 0.3) is 0 Å². The molecular formula is C18H25ClN4O3. The first-order chi connectivity index (χ1) is 12.0. The number of nitrogens with zero attached hydrogens (tertiary/aromatic N) is 3. The van der Waals surface area contributed by atoms with Crippen LogP contribution < -0.4 is 15.0 Å². The molecule has 2 aromatic rings. The smallest absolute Gasteiger partial charge is 0.232 e. The number of halogens is 1. The van der Waals surface area contributed by atoms with Crippen molar-refractivity contribution in [3.8, 4) is 5.75 Å². The van der Waals surface area contributed by atoms with Crippen molar-refractivity contribution in [2.75, 3.05) is 25.6 Å². The van der Waals surface area contributed by atoms with E-state index in [1.807, 2.05) is 32.2 Å². The van der Waals surface area contributed by atoms with Crippen LogP contribution in [0.15, 0.2) is 22.7 Å². The standard InChI is InChI=1S/C18H24N4O3.ClH/c1-11-5-6-15(24-4)14(7-11)22-10-13(9-17(22)23)18-20-16(21-25-18)8-12(2)19-3;/h5-7,12-13,19H,8-10H2,1-4H3;1H. The maximum Gasteiger partial charge on any atom is 0.232 e. The van der Waals surface area contributed by atoms with Gasteiger partial charge in [-0.05, 0) is 38.6 Å². The lowest BCUT2D eigenvalue weighted by Gasteiger charge is -2.19. The fourth-order valence-electron chi connectivity index (χ4n) is 3.01. The summed E-state index contributed by atoms with van der Waals surface area (Å²) < 4.78 is 10.8. The van der Waals surface area contributed by atoms with Gasteiger partial charge in [-0.25, -0.2) is 0 Å². The number of carbonyl (C=O) groups is 1. The minimum absolute atomic E-state index is 0. The summed E-state index contributed by atoms with van der Waals surface area (Å²) in [5, 5.41) is 7.19. The number of aryl methyl sites for hydroxylation is 1. The van der Waals surface area contributed by atoms with Crippen LogP contribution in [0.5, 0.6) is 5.75 Å². The van der Waals surface area contributed by atoms with Gasteiger partial charge < -0.3 is 19.5 Å². The second-order valence-corrected chi connectivity index (χ2v) is 6.52. The number of ether oxygens (including phenoxy) is 1. The number of anilines is 1. The third-order valence-electron chi connectivity index (χ3n) is 4.56. The first kappa shape index (κ1) is 20.2. The van der Waals surface area contributed by atoms with Gasteiger partial charge in [0.25, 0.3) is 0 Å². The Bertz CT molecular complexity index is 765. The average Bonchev–Trinajstić information content (AvgIpc) is 3.21. The number of amides is 1. The molecule has 0 bridgehead atoms. The van der Waals surface area contributed by atoms with E-state index in [4.69, 9.17) is 9.26 Å². The topological polar surface area (TPSA) is 80.5 Å². The zero-order valence-electron chi connectivity index (χ0n) is 15.5. The van der Waals surface area contributed by atoms with Crippen LogP contribution in [-0.4, -0.2) is 42.8 Å². The Hall–Kier alpha value is -2.12. The van der Waals surface area contributed by atoms with Gasteiger partial charge in [-0.15, -0.1) is 12.4 Å². The second-order valence-electron chi connectivity index (χ2n) is 6.52. The van der Waals surface area contributed by atoms with Crippen molar-refractivity contribution in [2.24, 2.45) is 0 Å². The van der Waals surface area contributed by atoms with Gasteiger partial charge in [-0.2, -0.15) is 4.98 Å². The highest BCUT2D eigenvalue weighted by molar-refractivity contribution is 5.97. The largest absolute Gasteiger partial charge is 0.495 e. The second kappa shape index (κ2) is 8.51. The molecule has 2 atom stereocenters. The van der Waals surface area contributed by atoms with Crippen molar-refractivity contribution >= 4 is 24.0 Å². The minimum atomic E-state index is -0.0936. The Morgan fingerprint density at radius 2 is 2.23 bits per heavy atom. The molecule has 8 heteroatoms. The number of hydrogen-bond donors (Lipinski definition) is 1. The maximum absolute atomic E-state index is 12.5. The van der Waals surface area contributed by atoms with Crippen molar-refractivity contribution in [2.45, 2.75) is 38.6 Å². The van der Waals surface area contributed by atoms with Crippen LogP contribution >= 0.6 is 12.4 Å². The maximum atomic E-state index is 12.5. The molecule has 7 nitrogen and oxygen atoms in total. The predicted octanol–water partition coefficient (Wildman–Crippen LogP) is 2.48. The van der Waals surface area contributed by atoms with Crippen LogP contribution in [0.2, 0.25) is 0 Å². The molecule has 0 radical (unpaired) electrons. The first-order valence-electron chi connectivity index (χ1n) is 8.46. The van der Waals surface area contributed by atoms with Gasteiger partial charge in [0.1, 0.15) is 5.75 Å². The van der Waals surface area contributed by atoms with Gasteiger partial charge in [-0.3, -0.25) is 4.79 Å².